The van der Waals surface area contributed by atoms with E-state index >= 15 is 0 Å². The second kappa shape index (κ2) is 11.2. The summed E-state index contributed by atoms with van der Waals surface area (Å²) < 4.78 is 4.35. The predicted molar refractivity (Wildman–Crippen MR) is 105 cm³/mol. The normalized spacial score (nSPS) is 11.2. The lowest BCUT2D eigenvalue weighted by molar-refractivity contribution is 0.556. The molecule has 0 unspecified atom stereocenters. The minimum Gasteiger partial charge on any atom is -0.264 e. The van der Waals surface area contributed by atoms with E-state index in [0.29, 0.717) is 0 Å². The van der Waals surface area contributed by atoms with Gasteiger partial charge in [-0.15, -0.1) is 0 Å². The molecule has 134 valence electrons. The number of rotatable bonds is 13. The summed E-state index contributed by atoms with van der Waals surface area (Å²) in [6.07, 6.45) is 25.2. The second-order valence-electron chi connectivity index (χ2n) is 7.09. The highest BCUT2D eigenvalue weighted by molar-refractivity contribution is 5.14. The van der Waals surface area contributed by atoms with Crippen molar-refractivity contribution >= 4 is 0 Å². The lowest BCUT2D eigenvalue weighted by Gasteiger charge is -2.04. The molecule has 2 nitrogen and oxygen atoms in total. The van der Waals surface area contributed by atoms with E-state index in [4.69, 9.17) is 0 Å². The Balaban J connectivity index is 1.55. The third-order valence-corrected chi connectivity index (χ3v) is 4.97. The molecule has 0 saturated carbocycles. The third-order valence-electron chi connectivity index (χ3n) is 4.97. The molecule has 0 saturated heterocycles. The standard InChI is InChI=1S/C22H36N2/c1-3-5-6-7-8-9-10-11-12-13-14-22-16-18-24(20-22)23-17-15-21(4-2)19-23/h15-20H,3-14H2,1-2H3. The number of aromatic nitrogens is 2. The molecule has 2 heteroatoms. The van der Waals surface area contributed by atoms with Crippen molar-refractivity contribution in [3.05, 3.63) is 48.0 Å². The van der Waals surface area contributed by atoms with Gasteiger partial charge in [0, 0.05) is 24.8 Å². The van der Waals surface area contributed by atoms with Crippen molar-refractivity contribution in [2.45, 2.75) is 90.9 Å². The lowest BCUT2D eigenvalue weighted by Crippen LogP contribution is -2.02. The van der Waals surface area contributed by atoms with Crippen LogP contribution in [0.1, 0.15) is 89.2 Å². The molecule has 0 aromatic carbocycles. The van der Waals surface area contributed by atoms with Crippen LogP contribution < -0.4 is 0 Å². The van der Waals surface area contributed by atoms with E-state index in [1.54, 1.807) is 0 Å². The SMILES string of the molecule is CCCCCCCCCCCCc1ccn(-n2ccc(CC)c2)c1. The first-order valence-electron chi connectivity index (χ1n) is 10.2. The van der Waals surface area contributed by atoms with Crippen LogP contribution in [-0.2, 0) is 12.8 Å². The molecule has 0 amide bonds. The van der Waals surface area contributed by atoms with Crippen LogP contribution in [-0.4, -0.2) is 9.35 Å². The summed E-state index contributed by atoms with van der Waals surface area (Å²) in [5, 5.41) is 0. The first-order valence-corrected chi connectivity index (χ1v) is 10.2. The lowest BCUT2D eigenvalue weighted by atomic mass is 10.0. The van der Waals surface area contributed by atoms with Gasteiger partial charge in [0.05, 0.1) is 0 Å². The highest BCUT2D eigenvalue weighted by Crippen LogP contribution is 2.13. The molecule has 2 aromatic rings. The van der Waals surface area contributed by atoms with Crippen LogP contribution in [0.2, 0.25) is 0 Å². The molecule has 0 N–H and O–H groups in total. The molecular formula is C22H36N2. The minimum absolute atomic E-state index is 1.10. The van der Waals surface area contributed by atoms with Crippen molar-refractivity contribution in [3.63, 3.8) is 0 Å². The summed E-state index contributed by atoms with van der Waals surface area (Å²) >= 11 is 0. The van der Waals surface area contributed by atoms with Crippen molar-refractivity contribution in [2.75, 3.05) is 0 Å². The number of unbranched alkanes of at least 4 members (excludes halogenated alkanes) is 9. The maximum absolute atomic E-state index is 2.29. The molecule has 2 aromatic heterocycles. The van der Waals surface area contributed by atoms with E-state index < -0.39 is 0 Å². The fraction of sp³-hybridized carbons (Fsp3) is 0.636. The average Bonchev–Trinajstić information content (AvgIpc) is 3.25. The van der Waals surface area contributed by atoms with Crippen LogP contribution in [0.4, 0.5) is 0 Å². The molecule has 0 aliphatic heterocycles. The zero-order chi connectivity index (χ0) is 17.0. The summed E-state index contributed by atoms with van der Waals surface area (Å²) in [5.41, 5.74) is 2.85. The molecule has 0 atom stereocenters. The van der Waals surface area contributed by atoms with Crippen molar-refractivity contribution < 1.29 is 0 Å². The largest absolute Gasteiger partial charge is 0.264 e. The Morgan fingerprint density at radius 3 is 1.67 bits per heavy atom. The molecule has 0 radical (unpaired) electrons. The van der Waals surface area contributed by atoms with Crippen molar-refractivity contribution in [3.8, 4) is 0 Å². The van der Waals surface area contributed by atoms with Gasteiger partial charge in [-0.1, -0.05) is 71.6 Å². The average molecular weight is 329 g/mol. The molecule has 24 heavy (non-hydrogen) atoms. The summed E-state index contributed by atoms with van der Waals surface area (Å²) in [6, 6.07) is 4.46. The van der Waals surface area contributed by atoms with Gasteiger partial charge in [-0.25, -0.2) is 0 Å². The first-order chi connectivity index (χ1) is 11.8. The fourth-order valence-corrected chi connectivity index (χ4v) is 3.32. The summed E-state index contributed by atoms with van der Waals surface area (Å²) in [7, 11) is 0. The number of nitrogens with zero attached hydrogens (tertiary/aromatic N) is 2. The monoisotopic (exact) mass is 328 g/mol. The van der Waals surface area contributed by atoms with Gasteiger partial charge >= 0.3 is 0 Å². The second-order valence-corrected chi connectivity index (χ2v) is 7.09. The van der Waals surface area contributed by atoms with Gasteiger partial charge in [0.25, 0.3) is 0 Å². The van der Waals surface area contributed by atoms with E-state index in [0.717, 1.165) is 6.42 Å². The molecule has 0 fully saturated rings. The smallest absolute Gasteiger partial charge is 0.0300 e. The van der Waals surface area contributed by atoms with Crippen molar-refractivity contribution in [2.24, 2.45) is 0 Å². The Labute approximate surface area is 148 Å². The number of aryl methyl sites for hydroxylation is 2. The van der Waals surface area contributed by atoms with E-state index in [9.17, 15) is 0 Å². The highest BCUT2D eigenvalue weighted by atomic mass is 15.4. The Morgan fingerprint density at radius 2 is 1.12 bits per heavy atom. The molecular weight excluding hydrogens is 292 g/mol. The van der Waals surface area contributed by atoms with Crippen LogP contribution >= 0.6 is 0 Å². The maximum atomic E-state index is 2.29. The third kappa shape index (κ3) is 6.59. The van der Waals surface area contributed by atoms with Gasteiger partial charge in [-0.05, 0) is 42.5 Å². The first kappa shape index (κ1) is 18.9. The Bertz CT molecular complexity index is 550. The van der Waals surface area contributed by atoms with Crippen LogP contribution in [0.5, 0.6) is 0 Å². The van der Waals surface area contributed by atoms with Gasteiger partial charge in [-0.2, -0.15) is 0 Å². The molecule has 0 aliphatic carbocycles. The predicted octanol–water partition coefficient (Wildman–Crippen LogP) is 6.63. The van der Waals surface area contributed by atoms with Gasteiger partial charge in [0.2, 0.25) is 0 Å². The zero-order valence-electron chi connectivity index (χ0n) is 15.8. The minimum atomic E-state index is 1.10. The van der Waals surface area contributed by atoms with Gasteiger partial charge in [0.1, 0.15) is 0 Å². The molecule has 0 bridgehead atoms. The molecule has 2 heterocycles. The van der Waals surface area contributed by atoms with Crippen LogP contribution in [0.25, 0.3) is 0 Å². The Morgan fingerprint density at radius 1 is 0.625 bits per heavy atom. The van der Waals surface area contributed by atoms with E-state index in [1.807, 2.05) is 0 Å². The van der Waals surface area contributed by atoms with Gasteiger partial charge < -0.3 is 0 Å². The van der Waals surface area contributed by atoms with Gasteiger partial charge in [-0.3, -0.25) is 9.35 Å². The van der Waals surface area contributed by atoms with E-state index in [1.165, 1.54) is 81.8 Å². The number of hydrogen-bond acceptors (Lipinski definition) is 0. The van der Waals surface area contributed by atoms with Crippen LogP contribution in [0.3, 0.4) is 0 Å². The van der Waals surface area contributed by atoms with Crippen molar-refractivity contribution in [1.29, 1.82) is 0 Å². The zero-order valence-corrected chi connectivity index (χ0v) is 15.8. The van der Waals surface area contributed by atoms with Crippen molar-refractivity contribution in [1.82, 2.24) is 9.35 Å². The van der Waals surface area contributed by atoms with Crippen LogP contribution in [0, 0.1) is 0 Å². The summed E-state index contributed by atoms with van der Waals surface area (Å²) in [6.45, 7) is 4.49. The van der Waals surface area contributed by atoms with E-state index in [-0.39, 0.29) is 0 Å². The topological polar surface area (TPSA) is 9.86 Å². The summed E-state index contributed by atoms with van der Waals surface area (Å²) in [4.78, 5) is 0. The number of hydrogen-bond donors (Lipinski definition) is 0. The Hall–Kier alpha value is -1.44. The highest BCUT2D eigenvalue weighted by Gasteiger charge is 2.00. The molecule has 0 aliphatic rings. The maximum Gasteiger partial charge on any atom is 0.0300 e. The Kier molecular flexibility index (Phi) is 8.80. The fourth-order valence-electron chi connectivity index (χ4n) is 3.32. The van der Waals surface area contributed by atoms with E-state index in [2.05, 4.69) is 60.1 Å². The summed E-state index contributed by atoms with van der Waals surface area (Å²) in [5.74, 6) is 0. The quantitative estimate of drug-likeness (QED) is 0.365. The van der Waals surface area contributed by atoms with Gasteiger partial charge in [0.15, 0.2) is 0 Å². The molecule has 2 rings (SSSR count). The van der Waals surface area contributed by atoms with Crippen LogP contribution in [0.15, 0.2) is 36.9 Å². The molecule has 0 spiro atoms.